The molecular weight excluding hydrogens is 424 g/mol. The summed E-state index contributed by atoms with van der Waals surface area (Å²) in [6.45, 7) is 0.189. The first-order chi connectivity index (χ1) is 15.4. The molecule has 0 bridgehead atoms. The van der Waals surface area contributed by atoms with Crippen LogP contribution in [0.3, 0.4) is 0 Å². The summed E-state index contributed by atoms with van der Waals surface area (Å²) in [5, 5.41) is 12.6. The van der Waals surface area contributed by atoms with Crippen molar-refractivity contribution in [3.05, 3.63) is 93.4 Å². The predicted octanol–water partition coefficient (Wildman–Crippen LogP) is 4.60. The lowest BCUT2D eigenvalue weighted by molar-refractivity contribution is -0.130. The number of hydrogen-bond acceptors (Lipinski definition) is 6. The zero-order valence-electron chi connectivity index (χ0n) is 18.1. The zero-order chi connectivity index (χ0) is 22.8. The van der Waals surface area contributed by atoms with Gasteiger partial charge < -0.3 is 19.6 Å². The highest BCUT2D eigenvalue weighted by Crippen LogP contribution is 2.41. The van der Waals surface area contributed by atoms with Gasteiger partial charge in [-0.15, -0.1) is 11.3 Å². The lowest BCUT2D eigenvalue weighted by Gasteiger charge is -2.28. The van der Waals surface area contributed by atoms with Gasteiger partial charge in [0.2, 0.25) is 5.78 Å². The number of thiophene rings is 1. The Morgan fingerprint density at radius 2 is 1.81 bits per heavy atom. The fourth-order valence-corrected chi connectivity index (χ4v) is 4.59. The average molecular weight is 449 g/mol. The summed E-state index contributed by atoms with van der Waals surface area (Å²) >= 11 is 1.28. The van der Waals surface area contributed by atoms with Gasteiger partial charge in [-0.1, -0.05) is 36.4 Å². The van der Waals surface area contributed by atoms with Gasteiger partial charge in [-0.3, -0.25) is 9.59 Å². The molecule has 1 unspecified atom stereocenters. The lowest BCUT2D eigenvalue weighted by Crippen LogP contribution is -2.30. The molecule has 0 spiro atoms. The topological polar surface area (TPSA) is 70.1 Å². The number of rotatable bonds is 7. The van der Waals surface area contributed by atoms with E-state index in [0.717, 1.165) is 16.8 Å². The molecule has 164 valence electrons. The Balaban J connectivity index is 1.80. The van der Waals surface area contributed by atoms with E-state index >= 15 is 0 Å². The molecule has 1 atom stereocenters. The zero-order valence-corrected chi connectivity index (χ0v) is 18.9. The lowest BCUT2D eigenvalue weighted by atomic mass is 9.95. The summed E-state index contributed by atoms with van der Waals surface area (Å²) in [4.78, 5) is 30.5. The van der Waals surface area contributed by atoms with E-state index in [1.165, 1.54) is 16.2 Å². The smallest absolute Gasteiger partial charge is 0.290 e. The van der Waals surface area contributed by atoms with Crippen LogP contribution >= 0.6 is 11.3 Å². The van der Waals surface area contributed by atoms with Crippen molar-refractivity contribution in [1.82, 2.24) is 4.90 Å². The molecule has 1 aliphatic heterocycles. The first-order valence-corrected chi connectivity index (χ1v) is 11.0. The van der Waals surface area contributed by atoms with Crippen molar-refractivity contribution in [2.24, 2.45) is 0 Å². The quantitative estimate of drug-likeness (QED) is 0.535. The van der Waals surface area contributed by atoms with Crippen molar-refractivity contribution in [2.45, 2.75) is 12.6 Å². The molecule has 2 heterocycles. The Bertz CT molecular complexity index is 1170. The van der Waals surface area contributed by atoms with Gasteiger partial charge in [0.15, 0.2) is 5.76 Å². The number of ether oxygens (including phenoxy) is 1. The Morgan fingerprint density at radius 1 is 1.09 bits per heavy atom. The summed E-state index contributed by atoms with van der Waals surface area (Å²) in [5.74, 6) is -0.771. The number of benzene rings is 2. The summed E-state index contributed by atoms with van der Waals surface area (Å²) in [5.41, 5.74) is 2.64. The number of carbonyl (C=O) groups excluding carboxylic acids is 2. The molecule has 4 rings (SSSR count). The van der Waals surface area contributed by atoms with Gasteiger partial charge >= 0.3 is 0 Å². The van der Waals surface area contributed by atoms with Crippen molar-refractivity contribution in [3.8, 4) is 5.75 Å². The molecule has 6 nitrogen and oxygen atoms in total. The van der Waals surface area contributed by atoms with Crippen LogP contribution in [-0.4, -0.2) is 42.9 Å². The maximum Gasteiger partial charge on any atom is 0.290 e. The predicted molar refractivity (Wildman–Crippen MR) is 125 cm³/mol. The highest BCUT2D eigenvalue weighted by molar-refractivity contribution is 7.12. The summed E-state index contributed by atoms with van der Waals surface area (Å²) in [7, 11) is 5.46. The van der Waals surface area contributed by atoms with Crippen LogP contribution in [0, 0.1) is 0 Å². The number of hydrogen-bond donors (Lipinski definition) is 1. The maximum atomic E-state index is 13.3. The largest absolute Gasteiger partial charge is 0.503 e. The first-order valence-electron chi connectivity index (χ1n) is 10.1. The van der Waals surface area contributed by atoms with Gasteiger partial charge in [0, 0.05) is 25.3 Å². The number of Topliss-reactive ketones (excluding diaryl/α,β-unsaturated/α-hetero) is 1. The van der Waals surface area contributed by atoms with Crippen molar-refractivity contribution in [1.29, 1.82) is 0 Å². The van der Waals surface area contributed by atoms with Gasteiger partial charge in [0.05, 0.1) is 30.1 Å². The number of para-hydroxylation sites is 1. The second-order valence-electron chi connectivity index (χ2n) is 7.70. The average Bonchev–Trinajstić information content (AvgIpc) is 3.42. The van der Waals surface area contributed by atoms with Crippen molar-refractivity contribution < 1.29 is 19.4 Å². The first kappa shape index (κ1) is 21.6. The minimum absolute atomic E-state index is 0.102. The van der Waals surface area contributed by atoms with Gasteiger partial charge in [-0.2, -0.15) is 0 Å². The van der Waals surface area contributed by atoms with E-state index in [1.807, 2.05) is 67.5 Å². The fourth-order valence-electron chi connectivity index (χ4n) is 3.91. The van der Waals surface area contributed by atoms with Crippen LogP contribution in [0.5, 0.6) is 5.75 Å². The second-order valence-corrected chi connectivity index (χ2v) is 8.65. The molecule has 1 aliphatic rings. The minimum Gasteiger partial charge on any atom is -0.503 e. The standard InChI is InChI=1S/C25H24N2O4S/c1-26(2)18-12-10-16(11-13-18)22-21(23(28)20-9-6-14-32-20)24(29)25(30)27(22)15-17-7-4-5-8-19(17)31-3/h4-14,22,29H,15H2,1-3H3. The molecule has 32 heavy (non-hydrogen) atoms. The number of ketones is 1. The molecule has 0 fully saturated rings. The molecule has 0 aliphatic carbocycles. The van der Waals surface area contributed by atoms with Crippen molar-refractivity contribution >= 4 is 28.7 Å². The van der Waals surface area contributed by atoms with Crippen LogP contribution in [-0.2, 0) is 11.3 Å². The molecule has 0 saturated heterocycles. The van der Waals surface area contributed by atoms with E-state index in [2.05, 4.69) is 0 Å². The van der Waals surface area contributed by atoms with Crippen molar-refractivity contribution in [3.63, 3.8) is 0 Å². The number of nitrogens with zero attached hydrogens (tertiary/aromatic N) is 2. The summed E-state index contributed by atoms with van der Waals surface area (Å²) in [6, 6.07) is 17.8. The Morgan fingerprint density at radius 3 is 2.44 bits per heavy atom. The van der Waals surface area contributed by atoms with Crippen LogP contribution in [0.4, 0.5) is 5.69 Å². The monoisotopic (exact) mass is 448 g/mol. The molecule has 7 heteroatoms. The van der Waals surface area contributed by atoms with Crippen LogP contribution in [0.15, 0.2) is 77.4 Å². The van der Waals surface area contributed by atoms with E-state index in [0.29, 0.717) is 10.6 Å². The van der Waals surface area contributed by atoms with Crippen LogP contribution in [0.1, 0.15) is 26.8 Å². The van der Waals surface area contributed by atoms with E-state index in [4.69, 9.17) is 4.74 Å². The third-order valence-electron chi connectivity index (χ3n) is 5.55. The maximum absolute atomic E-state index is 13.3. The van der Waals surface area contributed by atoms with Crippen molar-refractivity contribution in [2.75, 3.05) is 26.1 Å². The third-order valence-corrected chi connectivity index (χ3v) is 6.42. The molecular formula is C25H24N2O4S. The minimum atomic E-state index is -0.710. The summed E-state index contributed by atoms with van der Waals surface area (Å²) in [6.07, 6.45) is 0. The van der Waals surface area contributed by atoms with Crippen LogP contribution < -0.4 is 9.64 Å². The molecule has 1 N–H and O–H groups in total. The molecule has 0 saturated carbocycles. The van der Waals surface area contributed by atoms with Crippen LogP contribution in [0.25, 0.3) is 0 Å². The van der Waals surface area contributed by atoms with Gasteiger partial charge in [0.25, 0.3) is 5.91 Å². The normalized spacial score (nSPS) is 15.9. The number of anilines is 1. The Hall–Kier alpha value is -3.58. The molecule has 1 aromatic heterocycles. The number of amides is 1. The van der Waals surface area contributed by atoms with E-state index in [-0.39, 0.29) is 17.9 Å². The van der Waals surface area contributed by atoms with Gasteiger partial charge in [0.1, 0.15) is 5.75 Å². The summed E-state index contributed by atoms with van der Waals surface area (Å²) < 4.78 is 5.45. The molecule has 1 amide bonds. The van der Waals surface area contributed by atoms with E-state index < -0.39 is 17.7 Å². The number of aliphatic hydroxyl groups excluding tert-OH is 1. The molecule has 3 aromatic rings. The van der Waals surface area contributed by atoms with E-state index in [9.17, 15) is 14.7 Å². The molecule has 2 aromatic carbocycles. The SMILES string of the molecule is COc1ccccc1CN1C(=O)C(O)=C(C(=O)c2cccs2)C1c1ccc(N(C)C)cc1. The molecule has 0 radical (unpaired) electrons. The highest BCUT2D eigenvalue weighted by atomic mass is 32.1. The number of methoxy groups -OCH3 is 1. The Labute approximate surface area is 191 Å². The number of aliphatic hydroxyl groups is 1. The third kappa shape index (κ3) is 3.87. The second kappa shape index (κ2) is 8.88. The fraction of sp³-hybridized carbons (Fsp3) is 0.200. The van der Waals surface area contributed by atoms with Gasteiger partial charge in [-0.05, 0) is 35.2 Å². The van der Waals surface area contributed by atoms with E-state index in [1.54, 1.807) is 24.6 Å². The Kier molecular flexibility index (Phi) is 6.01. The number of carbonyl (C=O) groups is 2. The highest BCUT2D eigenvalue weighted by Gasteiger charge is 2.44. The van der Waals surface area contributed by atoms with Gasteiger partial charge in [-0.25, -0.2) is 0 Å². The van der Waals surface area contributed by atoms with Crippen LogP contribution in [0.2, 0.25) is 0 Å².